The van der Waals surface area contributed by atoms with E-state index >= 15 is 0 Å². The van der Waals surface area contributed by atoms with Gasteiger partial charge in [0.15, 0.2) is 0 Å². The van der Waals surface area contributed by atoms with Gasteiger partial charge in [-0.3, -0.25) is 4.79 Å². The lowest BCUT2D eigenvalue weighted by Gasteiger charge is -2.27. The van der Waals surface area contributed by atoms with Crippen LogP contribution >= 0.6 is 0 Å². The van der Waals surface area contributed by atoms with Crippen molar-refractivity contribution in [2.24, 2.45) is 23.0 Å². The Bertz CT molecular complexity index is 301. The largest absolute Gasteiger partial charge is 0.342 e. The molecule has 0 bridgehead atoms. The summed E-state index contributed by atoms with van der Waals surface area (Å²) >= 11 is 0. The quantitative estimate of drug-likeness (QED) is 0.820. The molecule has 1 heterocycles. The van der Waals surface area contributed by atoms with Crippen LogP contribution in [0, 0.1) is 17.3 Å². The number of nitrogens with two attached hydrogens (primary N) is 1. The van der Waals surface area contributed by atoms with E-state index in [-0.39, 0.29) is 5.92 Å². The molecule has 3 nitrogen and oxygen atoms in total. The highest BCUT2D eigenvalue weighted by atomic mass is 16.2. The van der Waals surface area contributed by atoms with Crippen LogP contribution in [-0.4, -0.2) is 30.4 Å². The van der Waals surface area contributed by atoms with Crippen LogP contribution in [0.2, 0.25) is 0 Å². The normalized spacial score (nSPS) is 32.3. The van der Waals surface area contributed by atoms with Crippen LogP contribution < -0.4 is 5.73 Å². The fourth-order valence-corrected chi connectivity index (χ4v) is 3.52. The molecular formula is C15H28N2O. The zero-order valence-electron chi connectivity index (χ0n) is 12.0. The van der Waals surface area contributed by atoms with Crippen molar-refractivity contribution in [2.75, 3.05) is 19.6 Å². The Labute approximate surface area is 111 Å². The molecule has 2 aliphatic rings. The van der Waals surface area contributed by atoms with Crippen molar-refractivity contribution in [3.63, 3.8) is 0 Å². The Balaban J connectivity index is 1.96. The first-order valence-electron chi connectivity index (χ1n) is 7.52. The van der Waals surface area contributed by atoms with Crippen LogP contribution in [-0.2, 0) is 4.79 Å². The minimum Gasteiger partial charge on any atom is -0.342 e. The van der Waals surface area contributed by atoms with E-state index in [1.165, 1.54) is 12.8 Å². The molecule has 1 saturated heterocycles. The number of hydrogen-bond donors (Lipinski definition) is 1. The smallest absolute Gasteiger partial charge is 0.226 e. The van der Waals surface area contributed by atoms with Gasteiger partial charge in [0.2, 0.25) is 5.91 Å². The molecule has 2 N–H and O–H groups in total. The van der Waals surface area contributed by atoms with E-state index in [1.807, 2.05) is 0 Å². The highest BCUT2D eigenvalue weighted by Gasteiger charge is 2.35. The van der Waals surface area contributed by atoms with Crippen molar-refractivity contribution in [1.82, 2.24) is 4.90 Å². The van der Waals surface area contributed by atoms with Gasteiger partial charge in [0.05, 0.1) is 0 Å². The van der Waals surface area contributed by atoms with Gasteiger partial charge in [-0.15, -0.1) is 0 Å². The maximum atomic E-state index is 12.6. The lowest BCUT2D eigenvalue weighted by atomic mass is 9.85. The molecule has 1 aliphatic heterocycles. The summed E-state index contributed by atoms with van der Waals surface area (Å²) in [5, 5.41) is 0. The molecule has 0 aromatic rings. The zero-order valence-corrected chi connectivity index (χ0v) is 12.0. The second kappa shape index (κ2) is 5.60. The molecule has 2 atom stereocenters. The van der Waals surface area contributed by atoms with Crippen molar-refractivity contribution in [2.45, 2.75) is 52.4 Å². The van der Waals surface area contributed by atoms with Gasteiger partial charge in [0.1, 0.15) is 0 Å². The zero-order chi connectivity index (χ0) is 13.2. The average molecular weight is 252 g/mol. The third kappa shape index (κ3) is 3.05. The lowest BCUT2D eigenvalue weighted by molar-refractivity contribution is -0.136. The number of likely N-dealkylation sites (tertiary alicyclic amines) is 1. The Morgan fingerprint density at radius 2 is 2.00 bits per heavy atom. The highest BCUT2D eigenvalue weighted by molar-refractivity contribution is 5.79. The molecule has 104 valence electrons. The van der Waals surface area contributed by atoms with Gasteiger partial charge in [-0.1, -0.05) is 20.3 Å². The molecule has 18 heavy (non-hydrogen) atoms. The summed E-state index contributed by atoms with van der Waals surface area (Å²) in [6.07, 6.45) is 6.91. The molecule has 0 aromatic heterocycles. The molecular weight excluding hydrogens is 224 g/mol. The summed E-state index contributed by atoms with van der Waals surface area (Å²) < 4.78 is 0. The van der Waals surface area contributed by atoms with Crippen LogP contribution in [0.3, 0.4) is 0 Å². The first-order valence-corrected chi connectivity index (χ1v) is 7.52. The lowest BCUT2D eigenvalue weighted by Crippen LogP contribution is -2.39. The predicted octanol–water partition coefficient (Wildman–Crippen LogP) is 2.40. The molecule has 1 amide bonds. The SMILES string of the molecule is CC1(C)CCCN(C(=O)[C@@H]2CCC[C@@H]2CN)CC1. The van der Waals surface area contributed by atoms with Crippen LogP contribution in [0.15, 0.2) is 0 Å². The molecule has 0 radical (unpaired) electrons. The van der Waals surface area contributed by atoms with Crippen LogP contribution in [0.4, 0.5) is 0 Å². The fraction of sp³-hybridized carbons (Fsp3) is 0.933. The number of hydrogen-bond acceptors (Lipinski definition) is 2. The van der Waals surface area contributed by atoms with Gasteiger partial charge in [0, 0.05) is 19.0 Å². The molecule has 0 unspecified atom stereocenters. The van der Waals surface area contributed by atoms with Crippen LogP contribution in [0.25, 0.3) is 0 Å². The van der Waals surface area contributed by atoms with Gasteiger partial charge in [-0.2, -0.15) is 0 Å². The van der Waals surface area contributed by atoms with E-state index in [2.05, 4.69) is 18.7 Å². The first-order chi connectivity index (χ1) is 8.53. The van der Waals surface area contributed by atoms with E-state index in [9.17, 15) is 4.79 Å². The Kier molecular flexibility index (Phi) is 4.31. The highest BCUT2D eigenvalue weighted by Crippen LogP contribution is 2.35. The van der Waals surface area contributed by atoms with Crippen molar-refractivity contribution in [3.05, 3.63) is 0 Å². The number of amides is 1. The first kappa shape index (κ1) is 13.9. The minimum absolute atomic E-state index is 0.219. The molecule has 0 aromatic carbocycles. The number of carbonyl (C=O) groups is 1. The summed E-state index contributed by atoms with van der Waals surface area (Å²) in [6.45, 7) is 7.21. The second-order valence-corrected chi connectivity index (χ2v) is 6.88. The summed E-state index contributed by atoms with van der Waals surface area (Å²) in [5.41, 5.74) is 6.20. The fourth-order valence-electron chi connectivity index (χ4n) is 3.52. The molecule has 2 fully saturated rings. The van der Waals surface area contributed by atoms with Gasteiger partial charge in [-0.25, -0.2) is 0 Å². The Hall–Kier alpha value is -0.570. The van der Waals surface area contributed by atoms with Gasteiger partial charge >= 0.3 is 0 Å². The summed E-state index contributed by atoms with van der Waals surface area (Å²) in [6, 6.07) is 0. The van der Waals surface area contributed by atoms with Gasteiger partial charge in [-0.05, 0) is 50.0 Å². The minimum atomic E-state index is 0.219. The summed E-state index contributed by atoms with van der Waals surface area (Å²) in [5.74, 6) is 1.05. The Morgan fingerprint density at radius 3 is 2.72 bits per heavy atom. The van der Waals surface area contributed by atoms with Crippen molar-refractivity contribution >= 4 is 5.91 Å². The molecule has 1 saturated carbocycles. The molecule has 1 aliphatic carbocycles. The van der Waals surface area contributed by atoms with Crippen molar-refractivity contribution in [1.29, 1.82) is 0 Å². The number of nitrogens with zero attached hydrogens (tertiary/aromatic N) is 1. The summed E-state index contributed by atoms with van der Waals surface area (Å²) in [4.78, 5) is 14.7. The van der Waals surface area contributed by atoms with E-state index in [0.29, 0.717) is 23.8 Å². The molecule has 2 rings (SSSR count). The monoisotopic (exact) mass is 252 g/mol. The van der Waals surface area contributed by atoms with Crippen LogP contribution in [0.1, 0.15) is 52.4 Å². The second-order valence-electron chi connectivity index (χ2n) is 6.88. The third-order valence-corrected chi connectivity index (χ3v) is 4.93. The number of carbonyl (C=O) groups excluding carboxylic acids is 1. The van der Waals surface area contributed by atoms with E-state index in [0.717, 1.165) is 38.8 Å². The molecule has 3 heteroatoms. The van der Waals surface area contributed by atoms with Gasteiger partial charge in [0.25, 0.3) is 0 Å². The van der Waals surface area contributed by atoms with Crippen LogP contribution in [0.5, 0.6) is 0 Å². The van der Waals surface area contributed by atoms with E-state index < -0.39 is 0 Å². The van der Waals surface area contributed by atoms with E-state index in [1.54, 1.807) is 0 Å². The van der Waals surface area contributed by atoms with Crippen molar-refractivity contribution < 1.29 is 4.79 Å². The third-order valence-electron chi connectivity index (χ3n) is 4.93. The summed E-state index contributed by atoms with van der Waals surface area (Å²) in [7, 11) is 0. The maximum Gasteiger partial charge on any atom is 0.226 e. The van der Waals surface area contributed by atoms with Gasteiger partial charge < -0.3 is 10.6 Å². The maximum absolute atomic E-state index is 12.6. The predicted molar refractivity (Wildman–Crippen MR) is 74.1 cm³/mol. The van der Waals surface area contributed by atoms with E-state index in [4.69, 9.17) is 5.73 Å². The standard InChI is InChI=1S/C15H28N2O/c1-15(2)7-4-9-17(10-8-15)14(18)13-6-3-5-12(13)11-16/h12-13H,3-11,16H2,1-2H3/t12-,13-/m1/s1. The average Bonchev–Trinajstić information content (AvgIpc) is 2.73. The topological polar surface area (TPSA) is 46.3 Å². The molecule has 0 spiro atoms. The Morgan fingerprint density at radius 1 is 1.22 bits per heavy atom. The number of rotatable bonds is 2. The van der Waals surface area contributed by atoms with Crippen molar-refractivity contribution in [3.8, 4) is 0 Å².